The molecule has 6 heteroatoms. The first kappa shape index (κ1) is 14.7. The van der Waals surface area contributed by atoms with Crippen molar-refractivity contribution in [3.8, 4) is 0 Å². The quantitative estimate of drug-likeness (QED) is 0.734. The number of anilines is 2. The van der Waals surface area contributed by atoms with E-state index in [1.807, 2.05) is 13.8 Å². The van der Waals surface area contributed by atoms with Crippen LogP contribution in [0.1, 0.15) is 40.0 Å². The van der Waals surface area contributed by atoms with Gasteiger partial charge in [-0.25, -0.2) is 4.79 Å². The van der Waals surface area contributed by atoms with E-state index in [0.29, 0.717) is 24.2 Å². The molecule has 0 spiro atoms. The summed E-state index contributed by atoms with van der Waals surface area (Å²) < 4.78 is 1.44. The molecule has 0 radical (unpaired) electrons. The van der Waals surface area contributed by atoms with Gasteiger partial charge in [-0.3, -0.25) is 14.3 Å². The molecule has 112 valence electrons. The fourth-order valence-corrected chi connectivity index (χ4v) is 2.57. The molecule has 1 saturated carbocycles. The van der Waals surface area contributed by atoms with Crippen molar-refractivity contribution in [3.63, 3.8) is 0 Å². The average Bonchev–Trinajstić information content (AvgIpc) is 3.08. The van der Waals surface area contributed by atoms with Gasteiger partial charge in [0.2, 0.25) is 0 Å². The monoisotopic (exact) mass is 280 g/mol. The van der Waals surface area contributed by atoms with E-state index in [1.165, 1.54) is 4.57 Å². The number of nitrogen functional groups attached to an aromatic ring is 1. The van der Waals surface area contributed by atoms with Gasteiger partial charge >= 0.3 is 5.69 Å². The number of hydrogen-bond donors (Lipinski definition) is 3. The molecule has 1 aromatic heterocycles. The highest BCUT2D eigenvalue weighted by molar-refractivity contribution is 5.61. The van der Waals surface area contributed by atoms with Gasteiger partial charge in [-0.2, -0.15) is 0 Å². The lowest BCUT2D eigenvalue weighted by atomic mass is 10.2. The van der Waals surface area contributed by atoms with Crippen LogP contribution in [0, 0.1) is 11.8 Å². The summed E-state index contributed by atoms with van der Waals surface area (Å²) in [5.41, 5.74) is 5.49. The third kappa shape index (κ3) is 3.05. The largest absolute Gasteiger partial charge is 0.383 e. The second-order valence-electron chi connectivity index (χ2n) is 6.06. The molecule has 1 aromatic rings. The summed E-state index contributed by atoms with van der Waals surface area (Å²) in [5.74, 6) is 1.14. The van der Waals surface area contributed by atoms with Crippen LogP contribution in [-0.2, 0) is 6.54 Å². The minimum Gasteiger partial charge on any atom is -0.383 e. The topological polar surface area (TPSA) is 92.9 Å². The first-order chi connectivity index (χ1) is 9.43. The van der Waals surface area contributed by atoms with Gasteiger partial charge < -0.3 is 11.1 Å². The number of aromatic nitrogens is 2. The smallest absolute Gasteiger partial charge is 0.330 e. The van der Waals surface area contributed by atoms with Gasteiger partial charge in [-0.1, -0.05) is 27.2 Å². The van der Waals surface area contributed by atoms with Crippen molar-refractivity contribution in [3.05, 3.63) is 20.8 Å². The standard InChI is InChI=1S/C14H24N4O2/c1-4-5-9-6-10(9)16-11-12(15)18(7-8(2)3)14(20)17-13(11)19/h8-10,16H,4-7,15H2,1-3H3,(H,17,19,20). The van der Waals surface area contributed by atoms with Crippen molar-refractivity contribution in [1.29, 1.82) is 0 Å². The number of rotatable bonds is 6. The zero-order valence-corrected chi connectivity index (χ0v) is 12.4. The summed E-state index contributed by atoms with van der Waals surface area (Å²) in [6.45, 7) is 6.66. The van der Waals surface area contributed by atoms with Crippen LogP contribution >= 0.6 is 0 Å². The molecule has 1 aliphatic carbocycles. The summed E-state index contributed by atoms with van der Waals surface area (Å²) >= 11 is 0. The van der Waals surface area contributed by atoms with Gasteiger partial charge in [-0.05, 0) is 24.7 Å². The van der Waals surface area contributed by atoms with E-state index < -0.39 is 11.2 Å². The molecule has 0 bridgehead atoms. The Bertz CT molecular complexity index is 588. The summed E-state index contributed by atoms with van der Waals surface area (Å²) in [5, 5.41) is 3.20. The van der Waals surface area contributed by atoms with Gasteiger partial charge in [-0.15, -0.1) is 0 Å². The minimum atomic E-state index is -0.437. The van der Waals surface area contributed by atoms with Crippen molar-refractivity contribution < 1.29 is 0 Å². The molecular formula is C14H24N4O2. The fourth-order valence-electron chi connectivity index (χ4n) is 2.57. The van der Waals surface area contributed by atoms with Crippen LogP contribution in [0.2, 0.25) is 0 Å². The maximum absolute atomic E-state index is 11.9. The Morgan fingerprint density at radius 2 is 2.15 bits per heavy atom. The lowest BCUT2D eigenvalue weighted by Crippen LogP contribution is -2.35. The Labute approximate surface area is 118 Å². The zero-order valence-electron chi connectivity index (χ0n) is 12.4. The number of hydrogen-bond acceptors (Lipinski definition) is 4. The van der Waals surface area contributed by atoms with Crippen LogP contribution in [0.25, 0.3) is 0 Å². The Morgan fingerprint density at radius 1 is 1.45 bits per heavy atom. The van der Waals surface area contributed by atoms with E-state index in [1.54, 1.807) is 0 Å². The normalized spacial score (nSPS) is 21.2. The van der Waals surface area contributed by atoms with Crippen molar-refractivity contribution in [2.45, 2.75) is 52.6 Å². The SMILES string of the molecule is CCCC1CC1Nc1c(N)n(CC(C)C)c(=O)[nH]c1=O. The Kier molecular flexibility index (Phi) is 4.20. The second-order valence-corrected chi connectivity index (χ2v) is 6.06. The van der Waals surface area contributed by atoms with Crippen LogP contribution in [0.3, 0.4) is 0 Å². The lowest BCUT2D eigenvalue weighted by Gasteiger charge is -2.15. The first-order valence-corrected chi connectivity index (χ1v) is 7.33. The van der Waals surface area contributed by atoms with Crippen molar-refractivity contribution in [2.24, 2.45) is 11.8 Å². The zero-order chi connectivity index (χ0) is 14.9. The highest BCUT2D eigenvalue weighted by Gasteiger charge is 2.37. The first-order valence-electron chi connectivity index (χ1n) is 7.33. The third-order valence-corrected chi connectivity index (χ3v) is 3.70. The molecule has 2 atom stereocenters. The molecule has 1 fully saturated rings. The van der Waals surface area contributed by atoms with Crippen molar-refractivity contribution in [1.82, 2.24) is 9.55 Å². The van der Waals surface area contributed by atoms with E-state index in [4.69, 9.17) is 5.73 Å². The molecule has 2 rings (SSSR count). The molecular weight excluding hydrogens is 256 g/mol. The van der Waals surface area contributed by atoms with Crippen molar-refractivity contribution >= 4 is 11.5 Å². The summed E-state index contributed by atoms with van der Waals surface area (Å²) in [4.78, 5) is 26.1. The second kappa shape index (κ2) is 5.73. The maximum Gasteiger partial charge on any atom is 0.330 e. The molecule has 0 aliphatic heterocycles. The van der Waals surface area contributed by atoms with E-state index in [2.05, 4.69) is 17.2 Å². The third-order valence-electron chi connectivity index (χ3n) is 3.70. The van der Waals surface area contributed by atoms with Crippen LogP contribution in [0.4, 0.5) is 11.5 Å². The predicted molar refractivity (Wildman–Crippen MR) is 81.0 cm³/mol. The van der Waals surface area contributed by atoms with Crippen molar-refractivity contribution in [2.75, 3.05) is 11.1 Å². The molecule has 2 unspecified atom stereocenters. The van der Waals surface area contributed by atoms with E-state index in [9.17, 15) is 9.59 Å². The van der Waals surface area contributed by atoms with Gasteiger partial charge in [0.05, 0.1) is 0 Å². The Hall–Kier alpha value is -1.72. The number of aromatic amines is 1. The van der Waals surface area contributed by atoms with Gasteiger partial charge in [0.1, 0.15) is 11.5 Å². The van der Waals surface area contributed by atoms with E-state index in [0.717, 1.165) is 19.3 Å². The Morgan fingerprint density at radius 3 is 2.75 bits per heavy atom. The number of nitrogens with two attached hydrogens (primary N) is 1. The summed E-state index contributed by atoms with van der Waals surface area (Å²) in [6.07, 6.45) is 3.36. The average molecular weight is 280 g/mol. The van der Waals surface area contributed by atoms with Crippen LogP contribution in [0.15, 0.2) is 9.59 Å². The molecule has 0 saturated heterocycles. The maximum atomic E-state index is 11.9. The number of nitrogens with one attached hydrogen (secondary N) is 2. The molecule has 1 heterocycles. The van der Waals surface area contributed by atoms with E-state index in [-0.39, 0.29) is 11.7 Å². The molecule has 1 aliphatic rings. The highest BCUT2D eigenvalue weighted by Crippen LogP contribution is 2.37. The van der Waals surface area contributed by atoms with Gasteiger partial charge in [0.25, 0.3) is 5.56 Å². The van der Waals surface area contributed by atoms with E-state index >= 15 is 0 Å². The lowest BCUT2D eigenvalue weighted by molar-refractivity contribution is 0.508. The fraction of sp³-hybridized carbons (Fsp3) is 0.714. The molecule has 4 N–H and O–H groups in total. The Balaban J connectivity index is 2.25. The molecule has 6 nitrogen and oxygen atoms in total. The minimum absolute atomic E-state index is 0.245. The summed E-state index contributed by atoms with van der Waals surface area (Å²) in [7, 11) is 0. The number of H-pyrrole nitrogens is 1. The van der Waals surface area contributed by atoms with Gasteiger partial charge in [0, 0.05) is 12.6 Å². The molecule has 0 amide bonds. The number of nitrogens with zero attached hydrogens (tertiary/aromatic N) is 1. The molecule has 0 aromatic carbocycles. The predicted octanol–water partition coefficient (Wildman–Crippen LogP) is 1.38. The van der Waals surface area contributed by atoms with Crippen LogP contribution < -0.4 is 22.3 Å². The van der Waals surface area contributed by atoms with Gasteiger partial charge in [0.15, 0.2) is 0 Å². The summed E-state index contributed by atoms with van der Waals surface area (Å²) in [6, 6.07) is 0.309. The van der Waals surface area contributed by atoms with Crippen LogP contribution in [-0.4, -0.2) is 15.6 Å². The molecule has 20 heavy (non-hydrogen) atoms. The highest BCUT2D eigenvalue weighted by atomic mass is 16.2. The van der Waals surface area contributed by atoms with Crippen LogP contribution in [0.5, 0.6) is 0 Å².